The molecule has 0 unspecified atom stereocenters. The van der Waals surface area contributed by atoms with Crippen LogP contribution in [-0.2, 0) is 17.7 Å². The number of aryl methyl sites for hydroxylation is 1. The topological polar surface area (TPSA) is 83.6 Å². The molecule has 0 saturated heterocycles. The van der Waals surface area contributed by atoms with Crippen LogP contribution in [-0.4, -0.2) is 48.6 Å². The van der Waals surface area contributed by atoms with Crippen LogP contribution in [0.3, 0.4) is 0 Å². The Morgan fingerprint density at radius 1 is 1.28 bits per heavy atom. The molecule has 3 amide bonds. The minimum absolute atomic E-state index is 0.189. The van der Waals surface area contributed by atoms with E-state index in [1.807, 2.05) is 38.1 Å². The van der Waals surface area contributed by atoms with Crippen molar-refractivity contribution in [1.82, 2.24) is 15.2 Å². The summed E-state index contributed by atoms with van der Waals surface area (Å²) in [4.78, 5) is 31.1. The number of hydrogen-bond donors (Lipinski definition) is 2. The van der Waals surface area contributed by atoms with Crippen LogP contribution < -0.4 is 10.6 Å². The quantitative estimate of drug-likeness (QED) is 0.615. The van der Waals surface area contributed by atoms with Crippen LogP contribution in [0.25, 0.3) is 0 Å². The van der Waals surface area contributed by atoms with E-state index in [4.69, 9.17) is 4.74 Å². The van der Waals surface area contributed by atoms with Gasteiger partial charge in [0, 0.05) is 31.3 Å². The van der Waals surface area contributed by atoms with Crippen molar-refractivity contribution in [3.63, 3.8) is 0 Å². The van der Waals surface area contributed by atoms with Gasteiger partial charge in [0.15, 0.2) is 0 Å². The summed E-state index contributed by atoms with van der Waals surface area (Å²) < 4.78 is 5.15. The second kappa shape index (κ2) is 11.5. The van der Waals surface area contributed by atoms with Gasteiger partial charge < -0.3 is 20.3 Å². The number of benzene rings is 1. The maximum absolute atomic E-state index is 12.9. The highest BCUT2D eigenvalue weighted by Crippen LogP contribution is 2.18. The summed E-state index contributed by atoms with van der Waals surface area (Å²) in [6.07, 6.45) is 0.829. The number of anilines is 1. The second-order valence-corrected chi connectivity index (χ2v) is 8.03. The second-order valence-electron chi connectivity index (χ2n) is 7.09. The van der Waals surface area contributed by atoms with Crippen molar-refractivity contribution in [3.8, 4) is 0 Å². The fraction of sp³-hybridized carbons (Fsp3) is 0.476. The van der Waals surface area contributed by atoms with Crippen molar-refractivity contribution in [3.05, 3.63) is 45.9 Å². The van der Waals surface area contributed by atoms with Crippen molar-refractivity contribution in [1.29, 1.82) is 0 Å². The highest BCUT2D eigenvalue weighted by atomic mass is 32.1. The van der Waals surface area contributed by atoms with E-state index >= 15 is 0 Å². The fourth-order valence-electron chi connectivity index (χ4n) is 2.64. The molecule has 29 heavy (non-hydrogen) atoms. The van der Waals surface area contributed by atoms with Gasteiger partial charge in [-0.25, -0.2) is 9.78 Å². The van der Waals surface area contributed by atoms with E-state index in [9.17, 15) is 9.59 Å². The Bertz CT molecular complexity index is 807. The van der Waals surface area contributed by atoms with Gasteiger partial charge in [-0.3, -0.25) is 4.79 Å². The molecule has 0 radical (unpaired) electrons. The average molecular weight is 419 g/mol. The van der Waals surface area contributed by atoms with Gasteiger partial charge in [0.05, 0.1) is 13.2 Å². The molecular formula is C21H30N4O3S. The number of carbonyl (C=O) groups is 2. The normalized spacial score (nSPS) is 10.8. The van der Waals surface area contributed by atoms with Crippen LogP contribution in [0.15, 0.2) is 29.6 Å². The van der Waals surface area contributed by atoms with Gasteiger partial charge in [0.2, 0.25) is 0 Å². The van der Waals surface area contributed by atoms with Gasteiger partial charge in [-0.1, -0.05) is 39.0 Å². The van der Waals surface area contributed by atoms with Crippen molar-refractivity contribution in [2.24, 2.45) is 5.92 Å². The average Bonchev–Trinajstić information content (AvgIpc) is 3.18. The van der Waals surface area contributed by atoms with Crippen LogP contribution in [0.2, 0.25) is 0 Å². The van der Waals surface area contributed by atoms with Crippen LogP contribution in [0.1, 0.15) is 41.8 Å². The number of para-hydroxylation sites is 1. The Hall–Kier alpha value is -2.45. The maximum Gasteiger partial charge on any atom is 0.322 e. The van der Waals surface area contributed by atoms with Crippen molar-refractivity contribution in [2.75, 3.05) is 32.1 Å². The lowest BCUT2D eigenvalue weighted by atomic mass is 10.1. The third kappa shape index (κ3) is 7.14. The van der Waals surface area contributed by atoms with Gasteiger partial charge in [-0.2, -0.15) is 0 Å². The minimum Gasteiger partial charge on any atom is -0.383 e. The highest BCUT2D eigenvalue weighted by Gasteiger charge is 2.18. The largest absolute Gasteiger partial charge is 0.383 e. The number of urea groups is 1. The predicted octanol–water partition coefficient (Wildman–Crippen LogP) is 3.77. The summed E-state index contributed by atoms with van der Waals surface area (Å²) in [5, 5.41) is 8.27. The monoisotopic (exact) mass is 418 g/mol. The number of nitrogens with one attached hydrogen (secondary N) is 2. The number of thiazole rings is 1. The van der Waals surface area contributed by atoms with E-state index in [0.717, 1.165) is 17.7 Å². The molecule has 7 nitrogen and oxygen atoms in total. The molecule has 0 fully saturated rings. The first kappa shape index (κ1) is 22.8. The lowest BCUT2D eigenvalue weighted by Gasteiger charge is -2.22. The third-order valence-corrected chi connectivity index (χ3v) is 5.11. The summed E-state index contributed by atoms with van der Waals surface area (Å²) >= 11 is 1.37. The molecule has 2 rings (SSSR count). The smallest absolute Gasteiger partial charge is 0.322 e. The molecule has 0 saturated carbocycles. The minimum atomic E-state index is -0.219. The van der Waals surface area contributed by atoms with E-state index in [2.05, 4.69) is 22.5 Å². The Morgan fingerprint density at radius 2 is 2.03 bits per heavy atom. The van der Waals surface area contributed by atoms with Crippen molar-refractivity contribution in [2.45, 2.75) is 33.7 Å². The zero-order valence-corrected chi connectivity index (χ0v) is 18.3. The number of amides is 3. The van der Waals surface area contributed by atoms with Crippen LogP contribution in [0, 0.1) is 5.92 Å². The standard InChI is InChI=1S/C21H30N4O3S/c1-5-16-8-6-7-9-17(16)24-21(27)25(10-11-28-4)13-19-23-18(14-29-19)20(26)22-12-15(2)3/h6-9,14-15H,5,10-13H2,1-4H3,(H,22,26)(H,24,27). The lowest BCUT2D eigenvalue weighted by molar-refractivity contribution is 0.0944. The van der Waals surface area contributed by atoms with E-state index in [1.165, 1.54) is 11.3 Å². The van der Waals surface area contributed by atoms with Crippen LogP contribution in [0.4, 0.5) is 10.5 Å². The zero-order valence-electron chi connectivity index (χ0n) is 17.5. The lowest BCUT2D eigenvalue weighted by Crippen LogP contribution is -2.37. The van der Waals surface area contributed by atoms with Crippen LogP contribution >= 0.6 is 11.3 Å². The fourth-order valence-corrected chi connectivity index (χ4v) is 3.43. The summed E-state index contributed by atoms with van der Waals surface area (Å²) in [5.41, 5.74) is 2.26. The molecule has 1 aromatic heterocycles. The highest BCUT2D eigenvalue weighted by molar-refractivity contribution is 7.09. The van der Waals surface area contributed by atoms with E-state index < -0.39 is 0 Å². The van der Waals surface area contributed by atoms with E-state index in [1.54, 1.807) is 17.4 Å². The first-order valence-electron chi connectivity index (χ1n) is 9.80. The number of nitrogens with zero attached hydrogens (tertiary/aromatic N) is 2. The van der Waals surface area contributed by atoms with E-state index in [0.29, 0.717) is 42.9 Å². The summed E-state index contributed by atoms with van der Waals surface area (Å²) in [5.74, 6) is 0.183. The van der Waals surface area contributed by atoms with Gasteiger partial charge in [0.25, 0.3) is 5.91 Å². The first-order chi connectivity index (χ1) is 13.9. The summed E-state index contributed by atoms with van der Waals surface area (Å²) in [7, 11) is 1.60. The number of ether oxygens (including phenoxy) is 1. The Labute approximate surface area is 176 Å². The van der Waals surface area contributed by atoms with Gasteiger partial charge in [0.1, 0.15) is 10.7 Å². The Kier molecular flexibility index (Phi) is 9.08. The molecular weight excluding hydrogens is 388 g/mol. The molecule has 2 aromatic rings. The first-order valence-corrected chi connectivity index (χ1v) is 10.7. The van der Waals surface area contributed by atoms with Gasteiger partial charge >= 0.3 is 6.03 Å². The summed E-state index contributed by atoms with van der Waals surface area (Å²) in [6, 6.07) is 7.53. The molecule has 2 N–H and O–H groups in total. The molecule has 1 aromatic carbocycles. The maximum atomic E-state index is 12.9. The number of carbonyl (C=O) groups excluding carboxylic acids is 2. The van der Waals surface area contributed by atoms with Crippen LogP contribution in [0.5, 0.6) is 0 Å². The molecule has 0 aliphatic rings. The van der Waals surface area contributed by atoms with Gasteiger partial charge in [-0.05, 0) is 24.0 Å². The number of rotatable bonds is 10. The molecule has 1 heterocycles. The zero-order chi connectivity index (χ0) is 21.2. The molecule has 0 spiro atoms. The van der Waals surface area contributed by atoms with Crippen molar-refractivity contribution < 1.29 is 14.3 Å². The number of methoxy groups -OCH3 is 1. The van der Waals surface area contributed by atoms with E-state index in [-0.39, 0.29) is 11.9 Å². The SMILES string of the molecule is CCc1ccccc1NC(=O)N(CCOC)Cc1nc(C(=O)NCC(C)C)cs1. The van der Waals surface area contributed by atoms with Gasteiger partial charge in [-0.15, -0.1) is 11.3 Å². The Balaban J connectivity index is 2.06. The molecule has 0 atom stereocenters. The van der Waals surface area contributed by atoms with Crippen molar-refractivity contribution >= 4 is 29.0 Å². The summed E-state index contributed by atoms with van der Waals surface area (Å²) in [6.45, 7) is 7.87. The molecule has 0 aliphatic heterocycles. The molecule has 8 heteroatoms. The molecule has 158 valence electrons. The molecule has 0 bridgehead atoms. The predicted molar refractivity (Wildman–Crippen MR) is 116 cm³/mol. The number of hydrogen-bond acceptors (Lipinski definition) is 5. The number of aromatic nitrogens is 1. The Morgan fingerprint density at radius 3 is 2.72 bits per heavy atom. The third-order valence-electron chi connectivity index (χ3n) is 4.27. The molecule has 0 aliphatic carbocycles.